The van der Waals surface area contributed by atoms with Crippen LogP contribution in [0.1, 0.15) is 24.5 Å². The van der Waals surface area contributed by atoms with Gasteiger partial charge >= 0.3 is 0 Å². The van der Waals surface area contributed by atoms with Gasteiger partial charge in [0.05, 0.1) is 0 Å². The Morgan fingerprint density at radius 2 is 2.18 bits per heavy atom. The van der Waals surface area contributed by atoms with E-state index in [0.717, 1.165) is 18.7 Å². The van der Waals surface area contributed by atoms with Gasteiger partial charge in [-0.05, 0) is 31.9 Å². The van der Waals surface area contributed by atoms with Crippen LogP contribution >= 0.6 is 0 Å². The summed E-state index contributed by atoms with van der Waals surface area (Å²) in [7, 11) is 0. The zero-order valence-electron chi connectivity index (χ0n) is 9.77. The Bertz CT molecular complexity index is 499. The average molecular weight is 233 g/mol. The Labute approximate surface area is 99.2 Å². The van der Waals surface area contributed by atoms with Crippen LogP contribution < -0.4 is 5.32 Å². The number of hydrogen-bond donors (Lipinski definition) is 1. The molecule has 0 amide bonds. The molecule has 17 heavy (non-hydrogen) atoms. The molecule has 2 aromatic heterocycles. The summed E-state index contributed by atoms with van der Waals surface area (Å²) < 4.78 is 11.0. The van der Waals surface area contributed by atoms with Crippen LogP contribution in [0.5, 0.6) is 0 Å². The molecule has 5 heteroatoms. The Balaban J connectivity index is 1.61. The molecule has 2 aromatic rings. The number of aryl methyl sites for hydroxylation is 1. The van der Waals surface area contributed by atoms with Crippen LogP contribution in [0.15, 0.2) is 21.0 Å². The van der Waals surface area contributed by atoms with Crippen molar-refractivity contribution in [2.45, 2.75) is 32.2 Å². The number of nitrogens with zero attached hydrogens (tertiary/aromatic N) is 2. The highest BCUT2D eigenvalue weighted by atomic mass is 16.4. The molecular weight excluding hydrogens is 218 g/mol. The van der Waals surface area contributed by atoms with E-state index < -0.39 is 0 Å². The minimum atomic E-state index is 0.458. The van der Waals surface area contributed by atoms with Crippen LogP contribution in [0.3, 0.4) is 0 Å². The lowest BCUT2D eigenvalue weighted by atomic mass is 10.4. The minimum Gasteiger partial charge on any atom is -0.456 e. The third kappa shape index (κ3) is 2.55. The third-order valence-corrected chi connectivity index (χ3v) is 2.77. The number of rotatable bonds is 5. The molecule has 0 spiro atoms. The molecule has 1 aliphatic carbocycles. The molecule has 0 atom stereocenters. The summed E-state index contributed by atoms with van der Waals surface area (Å²) in [5, 5.41) is 11.4. The van der Waals surface area contributed by atoms with Crippen molar-refractivity contribution in [2.75, 3.05) is 6.54 Å². The van der Waals surface area contributed by atoms with E-state index in [1.807, 2.05) is 19.1 Å². The molecule has 1 fully saturated rings. The minimum absolute atomic E-state index is 0.458. The van der Waals surface area contributed by atoms with Gasteiger partial charge in [0.2, 0.25) is 5.89 Å². The van der Waals surface area contributed by atoms with Crippen molar-refractivity contribution in [3.8, 4) is 11.7 Å². The maximum absolute atomic E-state index is 5.53. The topological polar surface area (TPSA) is 64.1 Å². The molecule has 3 rings (SSSR count). The Morgan fingerprint density at radius 3 is 2.88 bits per heavy atom. The second kappa shape index (κ2) is 4.33. The van der Waals surface area contributed by atoms with Crippen LogP contribution in [-0.2, 0) is 6.42 Å². The normalized spacial score (nSPS) is 15.4. The second-order valence-electron chi connectivity index (χ2n) is 4.39. The molecule has 5 nitrogen and oxygen atoms in total. The van der Waals surface area contributed by atoms with Crippen molar-refractivity contribution in [3.63, 3.8) is 0 Å². The summed E-state index contributed by atoms with van der Waals surface area (Å²) in [6, 6.07) is 4.44. The van der Waals surface area contributed by atoms with E-state index in [0.29, 0.717) is 23.6 Å². The molecule has 1 N–H and O–H groups in total. The van der Waals surface area contributed by atoms with Crippen LogP contribution in [0.25, 0.3) is 11.7 Å². The molecule has 0 saturated heterocycles. The van der Waals surface area contributed by atoms with E-state index in [4.69, 9.17) is 8.83 Å². The zero-order chi connectivity index (χ0) is 11.7. The highest BCUT2D eigenvalue weighted by Crippen LogP contribution is 2.21. The Kier molecular flexibility index (Phi) is 2.68. The monoisotopic (exact) mass is 233 g/mol. The summed E-state index contributed by atoms with van der Waals surface area (Å²) in [5.41, 5.74) is 0. The summed E-state index contributed by atoms with van der Waals surface area (Å²) >= 11 is 0. The van der Waals surface area contributed by atoms with E-state index in [-0.39, 0.29) is 0 Å². The fourth-order valence-corrected chi connectivity index (χ4v) is 1.67. The van der Waals surface area contributed by atoms with Gasteiger partial charge in [0, 0.05) is 19.0 Å². The van der Waals surface area contributed by atoms with Gasteiger partial charge in [-0.3, -0.25) is 0 Å². The molecule has 90 valence electrons. The number of hydrogen-bond acceptors (Lipinski definition) is 5. The predicted molar refractivity (Wildman–Crippen MR) is 61.5 cm³/mol. The Hall–Kier alpha value is -1.62. The maximum atomic E-state index is 5.53. The summed E-state index contributed by atoms with van der Waals surface area (Å²) in [4.78, 5) is 0. The standard InChI is InChI=1S/C12H15N3O2/c1-8-2-5-10(16-8)12-15-14-11(17-12)6-7-13-9-3-4-9/h2,5,9,13H,3-4,6-7H2,1H3. The number of aromatic nitrogens is 2. The van der Waals surface area contributed by atoms with Crippen molar-refractivity contribution in [2.24, 2.45) is 0 Å². The van der Waals surface area contributed by atoms with Crippen LogP contribution in [0, 0.1) is 6.92 Å². The van der Waals surface area contributed by atoms with Gasteiger partial charge < -0.3 is 14.2 Å². The van der Waals surface area contributed by atoms with Gasteiger partial charge in [-0.2, -0.15) is 0 Å². The van der Waals surface area contributed by atoms with Crippen LogP contribution in [0.4, 0.5) is 0 Å². The van der Waals surface area contributed by atoms with Crippen molar-refractivity contribution >= 4 is 0 Å². The highest BCUT2D eigenvalue weighted by Gasteiger charge is 2.20. The van der Waals surface area contributed by atoms with Gasteiger partial charge in [-0.1, -0.05) is 0 Å². The maximum Gasteiger partial charge on any atom is 0.283 e. The van der Waals surface area contributed by atoms with E-state index in [2.05, 4.69) is 15.5 Å². The van der Waals surface area contributed by atoms with Crippen LogP contribution in [-0.4, -0.2) is 22.8 Å². The summed E-state index contributed by atoms with van der Waals surface area (Å²) in [5.74, 6) is 2.59. The van der Waals surface area contributed by atoms with Crippen LogP contribution in [0.2, 0.25) is 0 Å². The van der Waals surface area contributed by atoms with Gasteiger partial charge in [0.15, 0.2) is 5.76 Å². The average Bonchev–Trinajstić information content (AvgIpc) is 2.85. The molecule has 0 aliphatic heterocycles. The summed E-state index contributed by atoms with van der Waals surface area (Å²) in [6.07, 6.45) is 3.35. The highest BCUT2D eigenvalue weighted by molar-refractivity contribution is 5.43. The van der Waals surface area contributed by atoms with Crippen molar-refractivity contribution in [1.29, 1.82) is 0 Å². The largest absolute Gasteiger partial charge is 0.456 e. The third-order valence-electron chi connectivity index (χ3n) is 2.77. The number of furan rings is 1. The lowest BCUT2D eigenvalue weighted by molar-refractivity contribution is 0.466. The molecule has 0 radical (unpaired) electrons. The van der Waals surface area contributed by atoms with E-state index in [9.17, 15) is 0 Å². The molecule has 2 heterocycles. The molecule has 1 saturated carbocycles. The van der Waals surface area contributed by atoms with E-state index >= 15 is 0 Å². The smallest absolute Gasteiger partial charge is 0.283 e. The van der Waals surface area contributed by atoms with Crippen molar-refractivity contribution in [3.05, 3.63) is 23.8 Å². The van der Waals surface area contributed by atoms with E-state index in [1.165, 1.54) is 12.8 Å². The first kappa shape index (κ1) is 10.5. The van der Waals surface area contributed by atoms with Gasteiger partial charge in [0.25, 0.3) is 5.89 Å². The van der Waals surface area contributed by atoms with Gasteiger partial charge in [0.1, 0.15) is 5.76 Å². The fraction of sp³-hybridized carbons (Fsp3) is 0.500. The number of nitrogens with one attached hydrogen (secondary N) is 1. The zero-order valence-corrected chi connectivity index (χ0v) is 9.77. The second-order valence-corrected chi connectivity index (χ2v) is 4.39. The summed E-state index contributed by atoms with van der Waals surface area (Å²) in [6.45, 7) is 2.78. The molecule has 0 bridgehead atoms. The van der Waals surface area contributed by atoms with E-state index in [1.54, 1.807) is 0 Å². The molecule has 1 aliphatic rings. The first-order valence-electron chi connectivity index (χ1n) is 5.94. The lowest BCUT2D eigenvalue weighted by Gasteiger charge is -1.97. The first-order chi connectivity index (χ1) is 8.31. The van der Waals surface area contributed by atoms with Gasteiger partial charge in [-0.25, -0.2) is 0 Å². The lowest BCUT2D eigenvalue weighted by Crippen LogP contribution is -2.19. The Morgan fingerprint density at radius 1 is 1.29 bits per heavy atom. The van der Waals surface area contributed by atoms with Crippen molar-refractivity contribution < 1.29 is 8.83 Å². The first-order valence-corrected chi connectivity index (χ1v) is 5.94. The fourth-order valence-electron chi connectivity index (χ4n) is 1.67. The quantitative estimate of drug-likeness (QED) is 0.854. The van der Waals surface area contributed by atoms with Gasteiger partial charge in [-0.15, -0.1) is 10.2 Å². The molecule has 0 unspecified atom stereocenters. The SMILES string of the molecule is Cc1ccc(-c2nnc(CCNC3CC3)o2)o1. The predicted octanol–water partition coefficient (Wildman–Crippen LogP) is 1.93. The molecule has 0 aromatic carbocycles. The molecular formula is C12H15N3O2. The van der Waals surface area contributed by atoms with Crippen molar-refractivity contribution in [1.82, 2.24) is 15.5 Å².